The molecule has 8 aliphatic rings. The Morgan fingerprint density at radius 2 is 0.386 bits per heavy atom. The molecule has 0 aromatic heterocycles. The zero-order valence-electron chi connectivity index (χ0n) is 79.3. The van der Waals surface area contributed by atoms with Gasteiger partial charge in [0.05, 0.1) is 85.9 Å². The average molecular weight is 1910 g/mol. The minimum absolute atomic E-state index is 0.0259. The van der Waals surface area contributed by atoms with Gasteiger partial charge >= 0.3 is 0 Å². The van der Waals surface area contributed by atoms with Crippen molar-refractivity contribution in [2.45, 2.75) is 237 Å². The summed E-state index contributed by atoms with van der Waals surface area (Å²) in [7, 11) is 0. The number of nitrogens with zero attached hydrogens (tertiary/aromatic N) is 4. The van der Waals surface area contributed by atoms with Crippen molar-refractivity contribution in [3.63, 3.8) is 0 Å². The average Bonchev–Trinajstić information content (AvgIpc) is 1.48. The molecule has 4 saturated heterocycles. The zero-order valence-corrected chi connectivity index (χ0v) is 79.3. The van der Waals surface area contributed by atoms with Crippen LogP contribution in [-0.4, -0.2) is 221 Å². The number of aliphatic hydroxyl groups is 1. The Bertz CT molecular complexity index is 5850. The molecule has 29 nitrogen and oxygen atoms in total. The Balaban J connectivity index is 0.850. The molecule has 0 saturated carbocycles. The molecule has 20 atom stereocenters. The van der Waals surface area contributed by atoms with Gasteiger partial charge in [-0.05, 0) is 105 Å². The lowest BCUT2D eigenvalue weighted by atomic mass is 9.91. The Labute approximate surface area is 813 Å². The summed E-state index contributed by atoms with van der Waals surface area (Å²) >= 11 is 0. The molecule has 140 heavy (non-hydrogen) atoms. The van der Waals surface area contributed by atoms with Crippen molar-refractivity contribution < 1.29 is 119 Å². The number of ether oxygens (including phenoxy) is 16. The first-order chi connectivity index (χ1) is 68.1. The molecule has 730 valence electrons. The Morgan fingerprint density at radius 1 is 0.214 bits per heavy atom. The standard InChI is InChI=1S/C111H116N4O25/c1-67-68(2)101(118)112(100(67)117)88-96(129-58-79-44-26-13-27-45-79)92(116)84(63-125-54-75-36-18-9-19-37-75)134-109(88)138-94-86(65-127-56-77-40-22-11-23-41-77)136-111(90(114-104(121)71(5)72(6)105(114)122)98(94)131-60-81-48-30-15-31-49-81)140-95-87(66-128-57-78-42-24-12-25-43-78)137-110(91(115-106(123)73(7)74(8)107(115)124)99(95)132-61-82-50-32-16-33-51-82)139-93-85(64-126-55-76-38-20-10-21-39-76)135-108(133-62-83-52-34-17-35-53-83)89(113-102(119)69(3)70(4)103(113)120)97(93)130-59-80-46-28-14-29-47-80/h9-53,84-99,108-111,116H,54-66H2,1-8H3/t84-,85-,86-,87-,88-,89-,90-,91-,92-,93-,94-,95-,96-,97-,98-,99-,108-,109+,110+,111+/m1/s1. The summed E-state index contributed by atoms with van der Waals surface area (Å²) in [6.07, 6.45) is -26.4. The molecule has 4 fully saturated rings. The Hall–Kier alpha value is -12.2. The second kappa shape index (κ2) is 46.0. The van der Waals surface area contributed by atoms with Crippen LogP contribution in [0.3, 0.4) is 0 Å². The van der Waals surface area contributed by atoms with Crippen LogP contribution in [0.2, 0.25) is 0 Å². The van der Waals surface area contributed by atoms with Crippen molar-refractivity contribution in [3.8, 4) is 0 Å². The summed E-state index contributed by atoms with van der Waals surface area (Å²) in [4.78, 5) is 130. The highest BCUT2D eigenvalue weighted by Crippen LogP contribution is 2.46. The van der Waals surface area contributed by atoms with Crippen LogP contribution in [-0.2, 0) is 174 Å². The number of amides is 8. The first-order valence-corrected chi connectivity index (χ1v) is 47.3. The Kier molecular flexibility index (Phi) is 32.7. The molecule has 8 aliphatic heterocycles. The van der Waals surface area contributed by atoms with Crippen LogP contribution in [0.4, 0.5) is 0 Å². The number of benzene rings is 9. The molecule has 29 heteroatoms. The van der Waals surface area contributed by atoms with Crippen LogP contribution in [0.5, 0.6) is 0 Å². The summed E-state index contributed by atoms with van der Waals surface area (Å²) in [5.74, 6) is -6.05. The molecular weight excluding hydrogens is 1790 g/mol. The predicted molar refractivity (Wildman–Crippen MR) is 507 cm³/mol. The van der Waals surface area contributed by atoms with Gasteiger partial charge in [0, 0.05) is 44.6 Å². The highest BCUT2D eigenvalue weighted by atomic mass is 16.8. The number of carbonyl (C=O) groups is 8. The monoisotopic (exact) mass is 1900 g/mol. The zero-order chi connectivity index (χ0) is 97.6. The van der Waals surface area contributed by atoms with E-state index in [0.29, 0.717) is 33.4 Å². The van der Waals surface area contributed by atoms with Gasteiger partial charge in [0.1, 0.15) is 97.4 Å². The fourth-order valence-electron chi connectivity index (χ4n) is 18.9. The van der Waals surface area contributed by atoms with Crippen LogP contribution < -0.4 is 0 Å². The molecule has 0 radical (unpaired) electrons. The summed E-state index contributed by atoms with van der Waals surface area (Å²) in [6, 6.07) is 76.1. The maximum atomic E-state index is 16.1. The van der Waals surface area contributed by atoms with Crippen LogP contribution in [0, 0.1) is 0 Å². The molecule has 9 aromatic rings. The molecule has 0 aliphatic carbocycles. The van der Waals surface area contributed by atoms with E-state index in [0.717, 1.165) is 36.3 Å². The molecule has 8 heterocycles. The molecular formula is C111H116N4O25. The van der Waals surface area contributed by atoms with E-state index >= 15 is 38.4 Å². The summed E-state index contributed by atoms with van der Waals surface area (Å²) < 4.78 is 117. The number of rotatable bonds is 41. The molecule has 0 unspecified atom stereocenters. The lowest BCUT2D eigenvalue weighted by molar-refractivity contribution is -0.380. The van der Waals surface area contributed by atoms with Crippen molar-refractivity contribution in [3.05, 3.63) is 368 Å². The second-order valence-corrected chi connectivity index (χ2v) is 36.2. The largest absolute Gasteiger partial charge is 0.388 e. The highest BCUT2D eigenvalue weighted by molar-refractivity contribution is 6.21. The van der Waals surface area contributed by atoms with Gasteiger partial charge < -0.3 is 80.9 Å². The van der Waals surface area contributed by atoms with E-state index in [4.69, 9.17) is 75.8 Å². The number of imide groups is 4. The fraction of sp³-hybridized carbons (Fsp3) is 0.369. The van der Waals surface area contributed by atoms with Crippen molar-refractivity contribution in [1.82, 2.24) is 19.6 Å². The van der Waals surface area contributed by atoms with E-state index in [-0.39, 0.29) is 117 Å². The number of carbonyl (C=O) groups excluding carboxylic acids is 8. The highest BCUT2D eigenvalue weighted by Gasteiger charge is 2.65. The van der Waals surface area contributed by atoms with Crippen LogP contribution in [0.1, 0.15) is 105 Å². The van der Waals surface area contributed by atoms with Crippen molar-refractivity contribution in [2.75, 3.05) is 26.4 Å². The van der Waals surface area contributed by atoms with Crippen LogP contribution >= 0.6 is 0 Å². The quantitative estimate of drug-likeness (QED) is 0.0348. The molecule has 0 bridgehead atoms. The van der Waals surface area contributed by atoms with Gasteiger partial charge in [0.25, 0.3) is 47.3 Å². The van der Waals surface area contributed by atoms with Crippen molar-refractivity contribution in [1.29, 1.82) is 0 Å². The SMILES string of the molecule is CC1=C(C)C(=O)N([C@H]2[C@H](O[C@H]3[C@H](OCc4ccccc4)[C@@H](N4C(=O)C(C)=C(C)C4=O)[C@H](O[C@H]4[C@H](OCc5ccccc5)[C@@H](N5C(=O)C(C)=C(C)C5=O)[C@H](O[C@H]5[C@H](OCc6ccccc6)[C@@H](N6C(=O)C(C)=C(C)C6=O)[C@H](OCc6ccccc6)O[C@@H]5COCc5ccccc5)O[C@@H]4COCc4ccccc4)O[C@@H]3COCc3ccccc3)O[C@H](COCc3ccccc3)[C@@H](O)[C@@H]2OCc2ccccc2)C1=O. The summed E-state index contributed by atoms with van der Waals surface area (Å²) in [5.41, 5.74) is 6.85. The molecule has 17 rings (SSSR count). The summed E-state index contributed by atoms with van der Waals surface area (Å²) in [5, 5.41) is 13.1. The van der Waals surface area contributed by atoms with Gasteiger partial charge in [0.2, 0.25) is 0 Å². The van der Waals surface area contributed by atoms with Crippen molar-refractivity contribution in [2.24, 2.45) is 0 Å². The van der Waals surface area contributed by atoms with Gasteiger partial charge in [-0.15, -0.1) is 0 Å². The lowest BCUT2D eigenvalue weighted by Gasteiger charge is -2.54. The van der Waals surface area contributed by atoms with E-state index in [1.807, 2.05) is 261 Å². The Morgan fingerprint density at radius 3 is 0.614 bits per heavy atom. The van der Waals surface area contributed by atoms with E-state index < -0.39 is 183 Å². The van der Waals surface area contributed by atoms with Crippen LogP contribution in [0.15, 0.2) is 318 Å². The van der Waals surface area contributed by atoms with Crippen molar-refractivity contribution >= 4 is 47.3 Å². The van der Waals surface area contributed by atoms with Gasteiger partial charge in [-0.25, -0.2) is 0 Å². The third-order valence-electron chi connectivity index (χ3n) is 27.1. The van der Waals surface area contributed by atoms with E-state index in [1.165, 1.54) is 41.5 Å². The first-order valence-electron chi connectivity index (χ1n) is 47.3. The lowest BCUT2D eigenvalue weighted by Crippen LogP contribution is -2.73. The normalized spacial score (nSPS) is 27.4. The maximum Gasteiger partial charge on any atom is 0.257 e. The second-order valence-electron chi connectivity index (χ2n) is 36.2. The summed E-state index contributed by atoms with van der Waals surface area (Å²) in [6.45, 7) is 9.55. The van der Waals surface area contributed by atoms with Crippen LogP contribution in [0.25, 0.3) is 0 Å². The predicted octanol–water partition coefficient (Wildman–Crippen LogP) is 13.1. The van der Waals surface area contributed by atoms with E-state index in [2.05, 4.69) is 0 Å². The molecule has 8 amide bonds. The molecule has 1 N–H and O–H groups in total. The third-order valence-corrected chi connectivity index (χ3v) is 27.1. The molecule has 9 aromatic carbocycles. The van der Waals surface area contributed by atoms with Gasteiger partial charge in [-0.2, -0.15) is 0 Å². The molecule has 0 spiro atoms. The fourth-order valence-corrected chi connectivity index (χ4v) is 18.9. The number of hydrogen-bond acceptors (Lipinski definition) is 25. The van der Waals surface area contributed by atoms with E-state index in [9.17, 15) is 5.11 Å². The minimum Gasteiger partial charge on any atom is -0.388 e. The van der Waals surface area contributed by atoms with Gasteiger partial charge in [0.15, 0.2) is 25.2 Å². The third kappa shape index (κ3) is 22.3. The first kappa shape index (κ1) is 99.4. The minimum atomic E-state index is -2.01. The topological polar surface area (TPSA) is 317 Å². The smallest absolute Gasteiger partial charge is 0.257 e. The van der Waals surface area contributed by atoms with E-state index in [1.54, 1.807) is 26.0 Å². The number of aliphatic hydroxyl groups excluding tert-OH is 1. The van der Waals surface area contributed by atoms with Gasteiger partial charge in [-0.3, -0.25) is 58.0 Å². The van der Waals surface area contributed by atoms with Gasteiger partial charge in [-0.1, -0.05) is 273 Å². The number of hydrogen-bond donors (Lipinski definition) is 1. The maximum absolute atomic E-state index is 16.1.